The Morgan fingerprint density at radius 1 is 1.18 bits per heavy atom. The number of alkyl halides is 1. The van der Waals surface area contributed by atoms with Crippen molar-refractivity contribution >= 4 is 29.1 Å². The van der Waals surface area contributed by atoms with Crippen molar-refractivity contribution in [3.8, 4) is 0 Å². The zero-order chi connectivity index (χ0) is 12.6. The average molecular weight is 253 g/mol. The molecule has 17 heavy (non-hydrogen) atoms. The Labute approximate surface area is 102 Å². The van der Waals surface area contributed by atoms with Gasteiger partial charge in [-0.3, -0.25) is 9.59 Å². The lowest BCUT2D eigenvalue weighted by molar-refractivity contribution is -0.131. The number of aliphatic carboxylic acids is 1. The summed E-state index contributed by atoms with van der Waals surface area (Å²) in [5.74, 6) is -3.18. The van der Waals surface area contributed by atoms with Crippen LogP contribution in [0.1, 0.15) is 27.1 Å². The summed E-state index contributed by atoms with van der Waals surface area (Å²) in [4.78, 5) is 34.0. The molecule has 0 saturated heterocycles. The number of halogens is 1. The monoisotopic (exact) mass is 252 g/mol. The van der Waals surface area contributed by atoms with Crippen molar-refractivity contribution in [3.63, 3.8) is 0 Å². The lowest BCUT2D eigenvalue weighted by Crippen LogP contribution is -2.18. The minimum atomic E-state index is -1.57. The van der Waals surface area contributed by atoms with Gasteiger partial charge in [-0.1, -0.05) is 24.3 Å². The predicted octanol–water partition coefficient (Wildman–Crippen LogP) is 1.76. The van der Waals surface area contributed by atoms with E-state index in [0.29, 0.717) is 6.42 Å². The Kier molecular flexibility index (Phi) is 2.98. The van der Waals surface area contributed by atoms with Crippen LogP contribution in [0.15, 0.2) is 24.3 Å². The van der Waals surface area contributed by atoms with Gasteiger partial charge in [-0.25, -0.2) is 4.79 Å². The summed E-state index contributed by atoms with van der Waals surface area (Å²) < 4.78 is 0. The fraction of sp³-hybridized carbons (Fsp3) is 0.250. The summed E-state index contributed by atoms with van der Waals surface area (Å²) in [6.45, 7) is 0. The van der Waals surface area contributed by atoms with E-state index in [1.165, 1.54) is 18.2 Å². The van der Waals surface area contributed by atoms with Crippen LogP contribution >= 0.6 is 11.6 Å². The van der Waals surface area contributed by atoms with E-state index in [0.717, 1.165) is 0 Å². The van der Waals surface area contributed by atoms with Gasteiger partial charge in [-0.2, -0.15) is 0 Å². The highest BCUT2D eigenvalue weighted by Crippen LogP contribution is 2.39. The second-order valence-electron chi connectivity index (χ2n) is 3.90. The van der Waals surface area contributed by atoms with Crippen LogP contribution in [0.25, 0.3) is 0 Å². The maximum absolute atomic E-state index is 11.9. The summed E-state index contributed by atoms with van der Waals surface area (Å²) in [5, 5.41) is 8.46. The molecule has 1 N–H and O–H groups in total. The molecule has 0 aliphatic heterocycles. The van der Waals surface area contributed by atoms with Gasteiger partial charge >= 0.3 is 5.97 Å². The molecule has 2 rings (SSSR count). The smallest absolute Gasteiger partial charge is 0.377 e. The largest absolute Gasteiger partial charge is 0.475 e. The number of hydrogen-bond acceptors (Lipinski definition) is 3. The molecule has 1 aromatic carbocycles. The number of carbonyl (C=O) groups excluding carboxylic acids is 2. The molecule has 0 bridgehead atoms. The molecule has 1 saturated carbocycles. The van der Waals surface area contributed by atoms with E-state index in [-0.39, 0.29) is 28.2 Å². The summed E-state index contributed by atoms with van der Waals surface area (Å²) in [6, 6.07) is 5.92. The maximum Gasteiger partial charge on any atom is 0.377 e. The number of ketones is 2. The van der Waals surface area contributed by atoms with Crippen LogP contribution in [0.5, 0.6) is 0 Å². The number of rotatable bonds is 4. The zero-order valence-corrected chi connectivity index (χ0v) is 9.48. The van der Waals surface area contributed by atoms with E-state index in [9.17, 15) is 14.4 Å². The lowest BCUT2D eigenvalue weighted by Gasteiger charge is -2.04. The molecular formula is C12H9ClO4. The predicted molar refractivity (Wildman–Crippen MR) is 60.5 cm³/mol. The van der Waals surface area contributed by atoms with Crippen LogP contribution in [0.4, 0.5) is 0 Å². The maximum atomic E-state index is 11.9. The molecule has 1 aliphatic rings. The highest BCUT2D eigenvalue weighted by Gasteiger charge is 2.42. The van der Waals surface area contributed by atoms with E-state index in [2.05, 4.69) is 0 Å². The second-order valence-corrected chi connectivity index (χ2v) is 4.46. The first-order chi connectivity index (χ1) is 8.02. The molecule has 0 aromatic heterocycles. The number of Topliss-reactive ketones (excluding diaryl/α,β-unsaturated/α-hetero) is 2. The van der Waals surface area contributed by atoms with Crippen LogP contribution in [-0.2, 0) is 4.79 Å². The van der Waals surface area contributed by atoms with Crippen molar-refractivity contribution in [3.05, 3.63) is 35.4 Å². The normalized spacial score (nSPS) is 21.9. The molecule has 2 atom stereocenters. The van der Waals surface area contributed by atoms with Crippen LogP contribution in [0, 0.1) is 5.92 Å². The Morgan fingerprint density at radius 3 is 2.18 bits per heavy atom. The number of hydrogen-bond donors (Lipinski definition) is 1. The molecule has 1 fully saturated rings. The van der Waals surface area contributed by atoms with Gasteiger partial charge in [-0.15, -0.1) is 11.6 Å². The number of benzene rings is 1. The topological polar surface area (TPSA) is 71.4 Å². The number of carboxylic acid groups (broad SMARTS) is 1. The molecular weight excluding hydrogens is 244 g/mol. The summed E-state index contributed by atoms with van der Waals surface area (Å²) >= 11 is 5.77. The van der Waals surface area contributed by atoms with Crippen LogP contribution in [0.3, 0.4) is 0 Å². The molecule has 4 nitrogen and oxygen atoms in total. The summed E-state index contributed by atoms with van der Waals surface area (Å²) in [7, 11) is 0. The Hall–Kier alpha value is -1.68. The van der Waals surface area contributed by atoms with Gasteiger partial charge in [-0.05, 0) is 6.42 Å². The van der Waals surface area contributed by atoms with E-state index in [4.69, 9.17) is 16.7 Å². The van der Waals surface area contributed by atoms with Crippen molar-refractivity contribution < 1.29 is 19.5 Å². The molecule has 0 spiro atoms. The van der Waals surface area contributed by atoms with E-state index in [1.54, 1.807) is 6.07 Å². The van der Waals surface area contributed by atoms with E-state index >= 15 is 0 Å². The highest BCUT2D eigenvalue weighted by molar-refractivity contribution is 6.41. The molecule has 1 aliphatic carbocycles. The minimum Gasteiger partial charge on any atom is -0.475 e. The minimum absolute atomic E-state index is 0.0687. The highest BCUT2D eigenvalue weighted by atomic mass is 35.5. The second kappa shape index (κ2) is 4.30. The van der Waals surface area contributed by atoms with Crippen molar-refractivity contribution in [2.75, 3.05) is 0 Å². The SMILES string of the molecule is O=C(O)C(=O)c1ccccc1C(=O)C1CC1Cl. The number of carbonyl (C=O) groups is 3. The van der Waals surface area contributed by atoms with Crippen molar-refractivity contribution in [1.82, 2.24) is 0 Å². The molecule has 0 heterocycles. The van der Waals surface area contributed by atoms with Crippen molar-refractivity contribution in [2.45, 2.75) is 11.8 Å². The molecule has 88 valence electrons. The van der Waals surface area contributed by atoms with Gasteiger partial charge in [0, 0.05) is 22.4 Å². The Morgan fingerprint density at radius 2 is 1.71 bits per heavy atom. The molecule has 0 amide bonds. The van der Waals surface area contributed by atoms with E-state index in [1.807, 2.05) is 0 Å². The summed E-state index contributed by atoms with van der Waals surface area (Å²) in [6.07, 6.45) is 0.579. The Bertz CT molecular complexity index is 509. The number of carboxylic acids is 1. The first kappa shape index (κ1) is 11.8. The van der Waals surface area contributed by atoms with Gasteiger partial charge in [0.15, 0.2) is 5.78 Å². The fourth-order valence-corrected chi connectivity index (χ4v) is 1.95. The Balaban J connectivity index is 2.37. The third-order valence-electron chi connectivity index (χ3n) is 2.68. The van der Waals surface area contributed by atoms with Gasteiger partial charge in [0.25, 0.3) is 5.78 Å². The molecule has 0 radical (unpaired) electrons. The van der Waals surface area contributed by atoms with Crippen LogP contribution in [-0.4, -0.2) is 28.0 Å². The molecule has 2 unspecified atom stereocenters. The van der Waals surface area contributed by atoms with Crippen LogP contribution < -0.4 is 0 Å². The van der Waals surface area contributed by atoms with Crippen LogP contribution in [0.2, 0.25) is 0 Å². The third-order valence-corrected chi connectivity index (χ3v) is 3.16. The fourth-order valence-electron chi connectivity index (χ4n) is 1.65. The standard InChI is InChI=1S/C12H9ClO4/c13-9-5-8(9)10(14)6-3-1-2-4-7(6)11(15)12(16)17/h1-4,8-9H,5H2,(H,16,17). The van der Waals surface area contributed by atoms with Gasteiger partial charge in [0.05, 0.1) is 0 Å². The first-order valence-electron chi connectivity index (χ1n) is 5.07. The molecule has 5 heteroatoms. The van der Waals surface area contributed by atoms with E-state index < -0.39 is 11.8 Å². The van der Waals surface area contributed by atoms with Gasteiger partial charge in [0.1, 0.15) is 0 Å². The third kappa shape index (κ3) is 2.22. The van der Waals surface area contributed by atoms with Crippen molar-refractivity contribution in [2.24, 2.45) is 5.92 Å². The summed E-state index contributed by atoms with van der Waals surface area (Å²) in [5.41, 5.74) is 0.0776. The quantitative estimate of drug-likeness (QED) is 0.504. The van der Waals surface area contributed by atoms with Gasteiger partial charge < -0.3 is 5.11 Å². The van der Waals surface area contributed by atoms with Gasteiger partial charge in [0.2, 0.25) is 0 Å². The average Bonchev–Trinajstić information content (AvgIpc) is 3.04. The first-order valence-corrected chi connectivity index (χ1v) is 5.51. The van der Waals surface area contributed by atoms with Crippen molar-refractivity contribution in [1.29, 1.82) is 0 Å². The molecule has 1 aromatic rings. The zero-order valence-electron chi connectivity index (χ0n) is 8.72. The lowest BCUT2D eigenvalue weighted by atomic mass is 9.98.